The highest BCUT2D eigenvalue weighted by molar-refractivity contribution is 6.09. The molecule has 0 bridgehead atoms. The summed E-state index contributed by atoms with van der Waals surface area (Å²) in [6.45, 7) is 0.572. The fourth-order valence-electron chi connectivity index (χ4n) is 3.50. The first-order chi connectivity index (χ1) is 16.1. The standard InChI is InChI=1S/C28H26NO4.ClH/c1-32-26-11-7-23(8-12-26)28(31)24-9-13-27(14-10-24)33-20-25(30)19-29-17-15-22(16-18-29)21-5-3-2-4-6-21;/h2-18,25,30H,19-20H2,1H3;1H/q+1;/p-1. The summed E-state index contributed by atoms with van der Waals surface area (Å²) in [4.78, 5) is 12.6. The number of aliphatic hydroxyl groups excluding tert-OH is 1. The molecule has 1 N–H and O–H groups in total. The van der Waals surface area contributed by atoms with Gasteiger partial charge in [-0.3, -0.25) is 4.79 Å². The van der Waals surface area contributed by atoms with Crippen LogP contribution in [0.1, 0.15) is 15.9 Å². The molecule has 34 heavy (non-hydrogen) atoms. The Kier molecular flexibility index (Phi) is 8.79. The number of aliphatic hydroxyl groups is 1. The summed E-state index contributed by atoms with van der Waals surface area (Å²) in [5.74, 6) is 1.24. The second-order valence-electron chi connectivity index (χ2n) is 7.70. The van der Waals surface area contributed by atoms with Gasteiger partial charge in [0.2, 0.25) is 0 Å². The van der Waals surface area contributed by atoms with Crippen LogP contribution in [0.5, 0.6) is 11.5 Å². The van der Waals surface area contributed by atoms with Gasteiger partial charge in [-0.15, -0.1) is 0 Å². The van der Waals surface area contributed by atoms with Crippen LogP contribution in [-0.4, -0.2) is 30.7 Å². The maximum atomic E-state index is 12.6. The molecular formula is C28H26ClNO4. The highest BCUT2D eigenvalue weighted by Gasteiger charge is 2.13. The van der Waals surface area contributed by atoms with Gasteiger partial charge < -0.3 is 27.0 Å². The molecule has 4 rings (SSSR count). The number of benzene rings is 3. The molecule has 1 heterocycles. The van der Waals surface area contributed by atoms with Crippen LogP contribution in [-0.2, 0) is 6.54 Å². The fourth-order valence-corrected chi connectivity index (χ4v) is 3.50. The molecule has 0 radical (unpaired) electrons. The number of carbonyl (C=O) groups excluding carboxylic acids is 1. The zero-order valence-electron chi connectivity index (χ0n) is 18.8. The Morgan fingerprint density at radius 2 is 1.32 bits per heavy atom. The number of aromatic nitrogens is 1. The minimum absolute atomic E-state index is 0. The molecule has 4 aromatic rings. The number of pyridine rings is 1. The maximum absolute atomic E-state index is 12.6. The molecule has 174 valence electrons. The second kappa shape index (κ2) is 12.0. The first kappa shape index (κ1) is 25.0. The van der Waals surface area contributed by atoms with Gasteiger partial charge in [-0.25, -0.2) is 4.57 Å². The van der Waals surface area contributed by atoms with E-state index in [1.165, 1.54) is 0 Å². The topological polar surface area (TPSA) is 59.6 Å². The Hall–Kier alpha value is -3.67. The van der Waals surface area contributed by atoms with E-state index in [0.29, 0.717) is 29.2 Å². The molecule has 0 fully saturated rings. The van der Waals surface area contributed by atoms with Gasteiger partial charge in [0.05, 0.1) is 7.11 Å². The SMILES string of the molecule is COc1ccc(C(=O)c2ccc(OCC(O)C[n+]3ccc(-c4ccccc4)cc3)cc2)cc1.[Cl-]. The van der Waals surface area contributed by atoms with Gasteiger partial charge in [-0.05, 0) is 59.7 Å². The van der Waals surface area contributed by atoms with E-state index in [-0.39, 0.29) is 24.8 Å². The third kappa shape index (κ3) is 6.44. The molecule has 0 spiro atoms. The van der Waals surface area contributed by atoms with Crippen LogP contribution in [0.4, 0.5) is 0 Å². The van der Waals surface area contributed by atoms with Crippen molar-refractivity contribution in [2.24, 2.45) is 0 Å². The zero-order valence-corrected chi connectivity index (χ0v) is 19.6. The Bertz CT molecular complexity index is 1180. The maximum Gasteiger partial charge on any atom is 0.193 e. The van der Waals surface area contributed by atoms with Crippen molar-refractivity contribution in [1.29, 1.82) is 0 Å². The number of carbonyl (C=O) groups is 1. The summed E-state index contributed by atoms with van der Waals surface area (Å²) in [5.41, 5.74) is 3.45. The molecule has 0 saturated heterocycles. The molecular weight excluding hydrogens is 450 g/mol. The summed E-state index contributed by atoms with van der Waals surface area (Å²) < 4.78 is 12.8. The van der Waals surface area contributed by atoms with Gasteiger partial charge in [0, 0.05) is 23.3 Å². The Balaban J connectivity index is 0.00000324. The first-order valence-corrected chi connectivity index (χ1v) is 10.8. The quantitative estimate of drug-likeness (QED) is 0.293. The van der Waals surface area contributed by atoms with Gasteiger partial charge in [0.25, 0.3) is 0 Å². The molecule has 1 unspecified atom stereocenters. The van der Waals surface area contributed by atoms with Crippen LogP contribution < -0.4 is 26.4 Å². The number of ether oxygens (including phenoxy) is 2. The van der Waals surface area contributed by atoms with Crippen LogP contribution in [0.15, 0.2) is 103 Å². The summed E-state index contributed by atoms with van der Waals surface area (Å²) in [6, 6.07) is 28.2. The fraction of sp³-hybridized carbons (Fsp3) is 0.143. The number of ketones is 1. The van der Waals surface area contributed by atoms with Crippen molar-refractivity contribution in [2.75, 3.05) is 13.7 Å². The van der Waals surface area contributed by atoms with Crippen LogP contribution in [0.25, 0.3) is 11.1 Å². The highest BCUT2D eigenvalue weighted by Crippen LogP contribution is 2.19. The zero-order chi connectivity index (χ0) is 23.0. The number of nitrogens with zero attached hydrogens (tertiary/aromatic N) is 1. The lowest BCUT2D eigenvalue weighted by molar-refractivity contribution is -0.703. The van der Waals surface area contributed by atoms with E-state index < -0.39 is 6.10 Å². The number of rotatable bonds is 9. The van der Waals surface area contributed by atoms with Crippen molar-refractivity contribution in [2.45, 2.75) is 12.6 Å². The van der Waals surface area contributed by atoms with Gasteiger partial charge >= 0.3 is 0 Å². The molecule has 0 aliphatic heterocycles. The largest absolute Gasteiger partial charge is 1.00 e. The van der Waals surface area contributed by atoms with E-state index in [9.17, 15) is 9.90 Å². The Labute approximate surface area is 205 Å². The van der Waals surface area contributed by atoms with E-state index in [1.807, 2.05) is 47.3 Å². The predicted octanol–water partition coefficient (Wildman–Crippen LogP) is 1.32. The average Bonchev–Trinajstić information content (AvgIpc) is 2.88. The number of halogens is 1. The molecule has 0 saturated carbocycles. The Morgan fingerprint density at radius 1 is 0.794 bits per heavy atom. The highest BCUT2D eigenvalue weighted by atomic mass is 35.5. The van der Waals surface area contributed by atoms with Crippen molar-refractivity contribution in [3.8, 4) is 22.6 Å². The van der Waals surface area contributed by atoms with E-state index in [4.69, 9.17) is 9.47 Å². The lowest BCUT2D eigenvalue weighted by atomic mass is 10.0. The summed E-state index contributed by atoms with van der Waals surface area (Å²) >= 11 is 0. The van der Waals surface area contributed by atoms with Crippen LogP contribution >= 0.6 is 0 Å². The lowest BCUT2D eigenvalue weighted by Gasteiger charge is -2.11. The number of hydrogen-bond donors (Lipinski definition) is 1. The molecule has 1 atom stereocenters. The molecule has 3 aromatic carbocycles. The first-order valence-electron chi connectivity index (χ1n) is 10.8. The van der Waals surface area contributed by atoms with Crippen molar-refractivity contribution >= 4 is 5.78 Å². The summed E-state index contributed by atoms with van der Waals surface area (Å²) in [6.07, 6.45) is 3.23. The predicted molar refractivity (Wildman–Crippen MR) is 126 cm³/mol. The molecule has 1 aromatic heterocycles. The minimum Gasteiger partial charge on any atom is -1.00 e. The smallest absolute Gasteiger partial charge is 0.193 e. The van der Waals surface area contributed by atoms with Crippen LogP contribution in [0.3, 0.4) is 0 Å². The lowest BCUT2D eigenvalue weighted by Crippen LogP contribution is -3.00. The third-order valence-corrected chi connectivity index (χ3v) is 5.33. The van der Waals surface area contributed by atoms with E-state index in [2.05, 4.69) is 12.1 Å². The monoisotopic (exact) mass is 475 g/mol. The normalized spacial score (nSPS) is 11.2. The van der Waals surface area contributed by atoms with Gasteiger partial charge in [-0.1, -0.05) is 30.3 Å². The minimum atomic E-state index is -0.668. The molecule has 0 aliphatic carbocycles. The van der Waals surface area contributed by atoms with Crippen molar-refractivity contribution < 1.29 is 36.3 Å². The molecule has 5 nitrogen and oxygen atoms in total. The number of methoxy groups -OCH3 is 1. The summed E-state index contributed by atoms with van der Waals surface area (Å²) in [5, 5.41) is 10.4. The molecule has 0 aliphatic rings. The Morgan fingerprint density at radius 3 is 1.88 bits per heavy atom. The average molecular weight is 476 g/mol. The van der Waals surface area contributed by atoms with Crippen LogP contribution in [0, 0.1) is 0 Å². The molecule has 0 amide bonds. The van der Waals surface area contributed by atoms with Gasteiger partial charge in [0.15, 0.2) is 24.7 Å². The third-order valence-electron chi connectivity index (χ3n) is 5.33. The van der Waals surface area contributed by atoms with Crippen molar-refractivity contribution in [1.82, 2.24) is 0 Å². The van der Waals surface area contributed by atoms with E-state index in [1.54, 1.807) is 55.6 Å². The van der Waals surface area contributed by atoms with Crippen molar-refractivity contribution in [3.05, 3.63) is 115 Å². The van der Waals surface area contributed by atoms with E-state index >= 15 is 0 Å². The van der Waals surface area contributed by atoms with Crippen molar-refractivity contribution in [3.63, 3.8) is 0 Å². The van der Waals surface area contributed by atoms with E-state index in [0.717, 1.165) is 11.1 Å². The molecule has 6 heteroatoms. The number of hydrogen-bond acceptors (Lipinski definition) is 4. The summed E-state index contributed by atoms with van der Waals surface area (Å²) in [7, 11) is 1.59. The van der Waals surface area contributed by atoms with Gasteiger partial charge in [0.1, 0.15) is 24.2 Å². The van der Waals surface area contributed by atoms with Crippen LogP contribution in [0.2, 0.25) is 0 Å². The second-order valence-corrected chi connectivity index (χ2v) is 7.70. The van der Waals surface area contributed by atoms with Gasteiger partial charge in [-0.2, -0.15) is 0 Å².